The van der Waals surface area contributed by atoms with Gasteiger partial charge in [-0.1, -0.05) is 24.3 Å². The number of hydrogen-bond donors (Lipinski definition) is 1. The van der Waals surface area contributed by atoms with Crippen molar-refractivity contribution in [1.82, 2.24) is 5.32 Å². The van der Waals surface area contributed by atoms with Gasteiger partial charge in [-0.3, -0.25) is 9.00 Å². The minimum Gasteiger partial charge on any atom is -0.345 e. The lowest BCUT2D eigenvalue weighted by molar-refractivity contribution is 0.0934. The Morgan fingerprint density at radius 1 is 1.33 bits per heavy atom. The molecule has 0 saturated heterocycles. The number of carbonyl (C=O) groups excluding carboxylic acids is 1. The molecule has 1 aliphatic heterocycles. The Morgan fingerprint density at radius 2 is 2.12 bits per heavy atom. The van der Waals surface area contributed by atoms with Crippen LogP contribution in [-0.2, 0) is 16.6 Å². The number of hydrogen-bond acceptors (Lipinski definition) is 3. The maximum atomic E-state index is 13.9. The molecule has 0 aliphatic carbocycles. The minimum absolute atomic E-state index is 0.187. The monoisotopic (exact) mass is 363 g/mol. The zero-order valence-electron chi connectivity index (χ0n) is 13.3. The van der Waals surface area contributed by atoms with Gasteiger partial charge in [-0.2, -0.15) is 0 Å². The van der Waals surface area contributed by atoms with Crippen LogP contribution in [-0.4, -0.2) is 22.1 Å². The Hall–Kier alpha value is -1.66. The molecule has 2 aromatic rings. The molecule has 0 unspecified atom stereocenters. The lowest BCUT2D eigenvalue weighted by Crippen LogP contribution is -2.31. The van der Waals surface area contributed by atoms with E-state index in [0.29, 0.717) is 16.2 Å². The molecular formula is C18H18FNO2S2. The molecule has 3 nitrogen and oxygen atoms in total. The number of rotatable bonds is 4. The Labute approximate surface area is 147 Å². The van der Waals surface area contributed by atoms with Crippen molar-refractivity contribution in [3.8, 4) is 0 Å². The average Bonchev–Trinajstić information content (AvgIpc) is 2.55. The largest absolute Gasteiger partial charge is 0.345 e. The number of amides is 1. The Kier molecular flexibility index (Phi) is 5.36. The van der Waals surface area contributed by atoms with Crippen molar-refractivity contribution in [2.24, 2.45) is 0 Å². The summed E-state index contributed by atoms with van der Waals surface area (Å²) in [6, 6.07) is 12.0. The summed E-state index contributed by atoms with van der Waals surface area (Å²) >= 11 is 1.49. The number of fused-ring (bicyclic) bond motifs is 1. The molecule has 0 radical (unpaired) electrons. The molecule has 0 spiro atoms. The van der Waals surface area contributed by atoms with Crippen molar-refractivity contribution in [1.29, 1.82) is 0 Å². The molecule has 126 valence electrons. The topological polar surface area (TPSA) is 46.2 Å². The van der Waals surface area contributed by atoms with E-state index in [2.05, 4.69) is 5.32 Å². The van der Waals surface area contributed by atoms with Crippen molar-refractivity contribution >= 4 is 28.5 Å². The maximum Gasteiger partial charge on any atom is 0.251 e. The summed E-state index contributed by atoms with van der Waals surface area (Å²) in [5.74, 6) is 0.776. The molecule has 3 rings (SSSR count). The lowest BCUT2D eigenvalue weighted by atomic mass is 10.0. The molecular weight excluding hydrogens is 345 g/mol. The quantitative estimate of drug-likeness (QED) is 0.901. The summed E-state index contributed by atoms with van der Waals surface area (Å²) in [5, 5.41) is 3.00. The SMILES string of the molecule is C[S@](=O)Cc1cccc(C(=O)N[C@@H]2CCSc3c(F)cccc32)c1. The average molecular weight is 363 g/mol. The van der Waals surface area contributed by atoms with Gasteiger partial charge in [0.25, 0.3) is 5.91 Å². The summed E-state index contributed by atoms with van der Waals surface area (Å²) in [6.07, 6.45) is 2.41. The van der Waals surface area contributed by atoms with E-state index in [1.165, 1.54) is 17.8 Å². The minimum atomic E-state index is -0.953. The molecule has 6 heteroatoms. The fourth-order valence-electron chi connectivity index (χ4n) is 2.82. The van der Waals surface area contributed by atoms with Gasteiger partial charge in [-0.15, -0.1) is 11.8 Å². The van der Waals surface area contributed by atoms with E-state index in [9.17, 15) is 13.4 Å². The van der Waals surface area contributed by atoms with E-state index < -0.39 is 10.8 Å². The van der Waals surface area contributed by atoms with Crippen LogP contribution in [0.2, 0.25) is 0 Å². The third-order valence-electron chi connectivity index (χ3n) is 3.89. The fraction of sp³-hybridized carbons (Fsp3) is 0.278. The molecule has 1 aliphatic rings. The van der Waals surface area contributed by atoms with Crippen LogP contribution in [0.5, 0.6) is 0 Å². The standard InChI is InChI=1S/C18H18FNO2S2/c1-24(22)11-12-4-2-5-13(10-12)18(21)20-16-8-9-23-17-14(16)6-3-7-15(17)19/h2-7,10,16H,8-9,11H2,1H3,(H,20,21)/t16-,24+/m1/s1. The number of nitrogens with one attached hydrogen (secondary N) is 1. The first-order chi connectivity index (χ1) is 11.5. The van der Waals surface area contributed by atoms with Crippen LogP contribution in [0.25, 0.3) is 0 Å². The normalized spacial score (nSPS) is 17.8. The van der Waals surface area contributed by atoms with Crippen LogP contribution in [0.1, 0.15) is 33.9 Å². The predicted octanol–water partition coefficient (Wildman–Crippen LogP) is 3.67. The highest BCUT2D eigenvalue weighted by Crippen LogP contribution is 2.37. The summed E-state index contributed by atoms with van der Waals surface area (Å²) in [4.78, 5) is 13.2. The number of carbonyl (C=O) groups is 1. The van der Waals surface area contributed by atoms with Crippen molar-refractivity contribution in [3.63, 3.8) is 0 Å². The van der Waals surface area contributed by atoms with Gasteiger partial charge >= 0.3 is 0 Å². The molecule has 2 aromatic carbocycles. The van der Waals surface area contributed by atoms with Crippen LogP contribution in [0, 0.1) is 5.82 Å². The number of halogens is 1. The van der Waals surface area contributed by atoms with Gasteiger partial charge in [0.1, 0.15) is 5.82 Å². The molecule has 0 fully saturated rings. The van der Waals surface area contributed by atoms with Crippen LogP contribution in [0.15, 0.2) is 47.4 Å². The van der Waals surface area contributed by atoms with Gasteiger partial charge in [-0.25, -0.2) is 4.39 Å². The van der Waals surface area contributed by atoms with Crippen molar-refractivity contribution in [3.05, 3.63) is 65.0 Å². The van der Waals surface area contributed by atoms with Gasteiger partial charge in [0.05, 0.1) is 6.04 Å². The molecule has 0 aromatic heterocycles. The fourth-order valence-corrected chi connectivity index (χ4v) is 4.60. The molecule has 2 atom stereocenters. The van der Waals surface area contributed by atoms with Gasteiger partial charge in [0, 0.05) is 39.0 Å². The smallest absolute Gasteiger partial charge is 0.251 e. The number of benzene rings is 2. The first kappa shape index (κ1) is 17.2. The van der Waals surface area contributed by atoms with E-state index in [1.54, 1.807) is 30.5 Å². The summed E-state index contributed by atoms with van der Waals surface area (Å²) in [7, 11) is -0.953. The highest BCUT2D eigenvalue weighted by atomic mass is 32.2. The van der Waals surface area contributed by atoms with Crippen molar-refractivity contribution < 1.29 is 13.4 Å². The predicted molar refractivity (Wildman–Crippen MR) is 96.2 cm³/mol. The maximum absolute atomic E-state index is 13.9. The molecule has 1 amide bonds. The van der Waals surface area contributed by atoms with Crippen LogP contribution < -0.4 is 5.32 Å². The first-order valence-electron chi connectivity index (χ1n) is 7.65. The molecule has 0 saturated carbocycles. The van der Waals surface area contributed by atoms with E-state index >= 15 is 0 Å². The molecule has 24 heavy (non-hydrogen) atoms. The van der Waals surface area contributed by atoms with Crippen LogP contribution in [0.4, 0.5) is 4.39 Å². The van der Waals surface area contributed by atoms with Gasteiger partial charge in [-0.05, 0) is 35.7 Å². The Balaban J connectivity index is 1.79. The molecule has 1 heterocycles. The highest BCUT2D eigenvalue weighted by molar-refractivity contribution is 7.99. The summed E-state index contributed by atoms with van der Waals surface area (Å²) < 4.78 is 25.3. The zero-order valence-corrected chi connectivity index (χ0v) is 14.9. The summed E-state index contributed by atoms with van der Waals surface area (Å²) in [5.41, 5.74) is 2.24. The number of thioether (sulfide) groups is 1. The second kappa shape index (κ2) is 7.49. The highest BCUT2D eigenvalue weighted by Gasteiger charge is 2.24. The van der Waals surface area contributed by atoms with E-state index in [1.807, 2.05) is 12.1 Å². The van der Waals surface area contributed by atoms with E-state index in [0.717, 1.165) is 23.3 Å². The first-order valence-corrected chi connectivity index (χ1v) is 10.4. The van der Waals surface area contributed by atoms with Gasteiger partial charge in [0.2, 0.25) is 0 Å². The molecule has 0 bridgehead atoms. The summed E-state index contributed by atoms with van der Waals surface area (Å²) in [6.45, 7) is 0. The van der Waals surface area contributed by atoms with Crippen LogP contribution in [0.3, 0.4) is 0 Å². The van der Waals surface area contributed by atoms with Crippen molar-refractivity contribution in [2.45, 2.75) is 23.1 Å². The second-order valence-electron chi connectivity index (χ2n) is 5.74. The Bertz CT molecular complexity index is 794. The zero-order chi connectivity index (χ0) is 17.1. The Morgan fingerprint density at radius 3 is 2.92 bits per heavy atom. The third-order valence-corrected chi connectivity index (χ3v) is 5.79. The van der Waals surface area contributed by atoms with E-state index in [4.69, 9.17) is 0 Å². The lowest BCUT2D eigenvalue weighted by Gasteiger charge is -2.26. The second-order valence-corrected chi connectivity index (χ2v) is 8.28. The van der Waals surface area contributed by atoms with E-state index in [-0.39, 0.29) is 17.8 Å². The van der Waals surface area contributed by atoms with Gasteiger partial charge < -0.3 is 5.32 Å². The molecule has 1 N–H and O–H groups in total. The third kappa shape index (κ3) is 3.87. The van der Waals surface area contributed by atoms with Crippen molar-refractivity contribution in [2.75, 3.05) is 12.0 Å². The van der Waals surface area contributed by atoms with Gasteiger partial charge in [0.15, 0.2) is 0 Å². The van der Waals surface area contributed by atoms with Crippen LogP contribution >= 0.6 is 11.8 Å².